The molecule has 4 rings (SSSR count). The Labute approximate surface area is 197 Å². The van der Waals surface area contributed by atoms with Crippen molar-refractivity contribution in [2.75, 3.05) is 36.9 Å². The molecule has 182 valence electrons. The van der Waals surface area contributed by atoms with Crippen molar-refractivity contribution in [3.8, 4) is 0 Å². The number of morpholine rings is 1. The van der Waals surface area contributed by atoms with Gasteiger partial charge in [-0.2, -0.15) is 0 Å². The first-order valence-electron chi connectivity index (χ1n) is 11.5. The molecule has 0 atom stereocenters. The van der Waals surface area contributed by atoms with Crippen molar-refractivity contribution in [2.24, 2.45) is 0 Å². The van der Waals surface area contributed by atoms with Gasteiger partial charge in [0.1, 0.15) is 17.3 Å². The average Bonchev–Trinajstić information content (AvgIpc) is 3.44. The van der Waals surface area contributed by atoms with Crippen molar-refractivity contribution in [1.29, 1.82) is 0 Å². The van der Waals surface area contributed by atoms with Gasteiger partial charge in [-0.25, -0.2) is 4.79 Å². The van der Waals surface area contributed by atoms with Crippen LogP contribution in [-0.2, 0) is 24.4 Å². The Bertz CT molecular complexity index is 1290. The number of nitrogens with zero attached hydrogens (tertiary/aromatic N) is 4. The highest BCUT2D eigenvalue weighted by molar-refractivity contribution is 5.97. The van der Waals surface area contributed by atoms with Crippen LogP contribution in [0.2, 0.25) is 0 Å². The van der Waals surface area contributed by atoms with E-state index in [4.69, 9.17) is 14.9 Å². The third-order valence-corrected chi connectivity index (χ3v) is 6.29. The molecule has 1 aliphatic rings. The van der Waals surface area contributed by atoms with Crippen LogP contribution in [-0.4, -0.2) is 45.8 Å². The zero-order valence-electron chi connectivity index (χ0n) is 19.9. The largest absolute Gasteiger partial charge is 0.467 e. The summed E-state index contributed by atoms with van der Waals surface area (Å²) in [5.41, 5.74) is 7.55. The fourth-order valence-corrected chi connectivity index (χ4v) is 4.48. The molecule has 3 aromatic heterocycles. The maximum absolute atomic E-state index is 13.4. The molecule has 4 heterocycles. The molecular formula is C24H31N5O5. The number of carbonyl (C=O) groups is 1. The van der Waals surface area contributed by atoms with E-state index < -0.39 is 11.2 Å². The zero-order chi connectivity index (χ0) is 24.4. The van der Waals surface area contributed by atoms with Crippen LogP contribution in [0.1, 0.15) is 40.9 Å². The number of rotatable bonds is 8. The second-order valence-electron chi connectivity index (χ2n) is 8.53. The summed E-state index contributed by atoms with van der Waals surface area (Å²) in [4.78, 5) is 41.8. The summed E-state index contributed by atoms with van der Waals surface area (Å²) >= 11 is 0. The monoisotopic (exact) mass is 469 g/mol. The van der Waals surface area contributed by atoms with Crippen molar-refractivity contribution < 1.29 is 13.9 Å². The molecule has 0 unspecified atom stereocenters. The van der Waals surface area contributed by atoms with E-state index in [0.29, 0.717) is 51.4 Å². The van der Waals surface area contributed by atoms with Gasteiger partial charge in [0.05, 0.1) is 32.6 Å². The van der Waals surface area contributed by atoms with Gasteiger partial charge in [-0.15, -0.1) is 0 Å². The van der Waals surface area contributed by atoms with Gasteiger partial charge in [-0.3, -0.25) is 18.7 Å². The second kappa shape index (κ2) is 9.76. The molecule has 10 nitrogen and oxygen atoms in total. The minimum Gasteiger partial charge on any atom is -0.467 e. The summed E-state index contributed by atoms with van der Waals surface area (Å²) in [5, 5.41) is 0. The topological polar surface area (TPSA) is 118 Å². The third kappa shape index (κ3) is 4.33. The molecule has 0 spiro atoms. The van der Waals surface area contributed by atoms with Crippen molar-refractivity contribution >= 4 is 17.3 Å². The fourth-order valence-electron chi connectivity index (χ4n) is 4.48. The molecule has 34 heavy (non-hydrogen) atoms. The lowest BCUT2D eigenvalue weighted by molar-refractivity contribution is 0.0967. The molecule has 0 aliphatic carbocycles. The molecule has 10 heteroatoms. The van der Waals surface area contributed by atoms with Gasteiger partial charge >= 0.3 is 5.69 Å². The van der Waals surface area contributed by atoms with E-state index in [0.717, 1.165) is 21.7 Å². The summed E-state index contributed by atoms with van der Waals surface area (Å²) in [6.45, 7) is 8.09. The van der Waals surface area contributed by atoms with Crippen LogP contribution >= 0.6 is 0 Å². The minimum atomic E-state index is -0.570. The van der Waals surface area contributed by atoms with E-state index in [2.05, 4.69) is 0 Å². The van der Waals surface area contributed by atoms with Gasteiger partial charge < -0.3 is 24.4 Å². The number of hydrogen-bond donors (Lipinski definition) is 1. The summed E-state index contributed by atoms with van der Waals surface area (Å²) in [6, 6.07) is 5.48. The first kappa shape index (κ1) is 23.6. The second-order valence-corrected chi connectivity index (χ2v) is 8.53. The minimum absolute atomic E-state index is 0.138. The molecule has 1 fully saturated rings. The smallest absolute Gasteiger partial charge is 0.333 e. The van der Waals surface area contributed by atoms with Crippen molar-refractivity contribution in [1.82, 2.24) is 13.7 Å². The predicted molar refractivity (Wildman–Crippen MR) is 129 cm³/mol. The number of ether oxygens (including phenoxy) is 1. The number of hydrogen-bond acceptors (Lipinski definition) is 7. The van der Waals surface area contributed by atoms with Crippen molar-refractivity contribution in [2.45, 2.75) is 46.8 Å². The number of carbonyl (C=O) groups excluding carboxylic acids is 1. The van der Waals surface area contributed by atoms with Gasteiger partial charge in [-0.1, -0.05) is 6.92 Å². The van der Waals surface area contributed by atoms with Crippen LogP contribution in [0.4, 0.5) is 11.5 Å². The highest BCUT2D eigenvalue weighted by Crippen LogP contribution is 2.20. The maximum Gasteiger partial charge on any atom is 0.333 e. The molecule has 0 radical (unpaired) electrons. The van der Waals surface area contributed by atoms with Gasteiger partial charge in [-0.05, 0) is 38.5 Å². The number of aromatic nitrogens is 3. The number of furan rings is 1. The Kier molecular flexibility index (Phi) is 6.78. The predicted octanol–water partition coefficient (Wildman–Crippen LogP) is 1.78. The Morgan fingerprint density at radius 2 is 1.85 bits per heavy atom. The third-order valence-electron chi connectivity index (χ3n) is 6.29. The van der Waals surface area contributed by atoms with E-state index in [9.17, 15) is 14.4 Å². The highest BCUT2D eigenvalue weighted by Gasteiger charge is 2.25. The normalized spacial score (nSPS) is 14.0. The molecule has 0 amide bonds. The maximum atomic E-state index is 13.4. The number of aryl methyl sites for hydroxylation is 1. The molecule has 0 bridgehead atoms. The van der Waals surface area contributed by atoms with E-state index in [1.54, 1.807) is 12.3 Å². The van der Waals surface area contributed by atoms with Gasteiger partial charge in [0, 0.05) is 36.6 Å². The SMILES string of the molecule is CCCn1c(N)c(N2CCOCC2)c(=O)n(CC(=O)c2cc(C)n(Cc3ccco3)c2C)c1=O. The quantitative estimate of drug-likeness (QED) is 0.500. The molecular weight excluding hydrogens is 438 g/mol. The molecule has 1 aliphatic heterocycles. The average molecular weight is 470 g/mol. The molecule has 0 saturated carbocycles. The lowest BCUT2D eigenvalue weighted by Gasteiger charge is -2.30. The Hall–Kier alpha value is -3.53. The molecule has 3 aromatic rings. The number of nitrogen functional groups attached to an aromatic ring is 1. The summed E-state index contributed by atoms with van der Waals surface area (Å²) < 4.78 is 15.2. The number of anilines is 2. The van der Waals surface area contributed by atoms with E-state index in [1.807, 2.05) is 42.4 Å². The Morgan fingerprint density at radius 1 is 1.12 bits per heavy atom. The standard InChI is InChI=1S/C24H31N5O5/c1-4-7-27-22(25)21(26-8-11-33-12-9-26)23(31)29(24(27)32)15-20(30)19-13-16(2)28(17(19)3)14-18-6-5-10-34-18/h5-6,10,13H,4,7-9,11-12,14-15,25H2,1-3H3. The summed E-state index contributed by atoms with van der Waals surface area (Å²) in [5.74, 6) is 0.603. The van der Waals surface area contributed by atoms with E-state index in [1.165, 1.54) is 4.57 Å². The number of nitrogens with two attached hydrogens (primary N) is 1. The lowest BCUT2D eigenvalue weighted by Crippen LogP contribution is -2.48. The van der Waals surface area contributed by atoms with Crippen molar-refractivity contribution in [3.63, 3.8) is 0 Å². The fraction of sp³-hybridized carbons (Fsp3) is 0.458. The molecule has 0 aromatic carbocycles. The van der Waals surface area contributed by atoms with Crippen LogP contribution in [0.25, 0.3) is 0 Å². The lowest BCUT2D eigenvalue weighted by atomic mass is 10.1. The van der Waals surface area contributed by atoms with Crippen molar-refractivity contribution in [3.05, 3.63) is 68.0 Å². The van der Waals surface area contributed by atoms with Gasteiger partial charge in [0.15, 0.2) is 5.78 Å². The van der Waals surface area contributed by atoms with Gasteiger partial charge in [0.25, 0.3) is 5.56 Å². The van der Waals surface area contributed by atoms with Crippen LogP contribution in [0, 0.1) is 13.8 Å². The van der Waals surface area contributed by atoms with Crippen LogP contribution in [0.5, 0.6) is 0 Å². The van der Waals surface area contributed by atoms with Crippen LogP contribution in [0.15, 0.2) is 38.5 Å². The number of ketones is 1. The van der Waals surface area contributed by atoms with E-state index in [-0.39, 0.29) is 23.8 Å². The zero-order valence-corrected chi connectivity index (χ0v) is 19.9. The summed E-state index contributed by atoms with van der Waals surface area (Å²) in [6.07, 6.45) is 2.27. The first-order chi connectivity index (χ1) is 16.3. The summed E-state index contributed by atoms with van der Waals surface area (Å²) in [7, 11) is 0. The van der Waals surface area contributed by atoms with Gasteiger partial charge in [0.2, 0.25) is 0 Å². The Morgan fingerprint density at radius 3 is 2.50 bits per heavy atom. The number of Topliss-reactive ketones (excluding diaryl/α,β-unsaturated/α-hetero) is 1. The highest BCUT2D eigenvalue weighted by atomic mass is 16.5. The van der Waals surface area contributed by atoms with E-state index >= 15 is 0 Å². The first-order valence-corrected chi connectivity index (χ1v) is 11.5. The van der Waals surface area contributed by atoms with Crippen LogP contribution in [0.3, 0.4) is 0 Å². The molecule has 2 N–H and O–H groups in total. The van der Waals surface area contributed by atoms with Crippen LogP contribution < -0.4 is 21.9 Å². The Balaban J connectivity index is 1.72. The molecule has 1 saturated heterocycles.